The van der Waals surface area contributed by atoms with Crippen LogP contribution in [0.25, 0.3) is 0 Å². The van der Waals surface area contributed by atoms with Gasteiger partial charge in [0.15, 0.2) is 11.5 Å². The zero-order valence-electron chi connectivity index (χ0n) is 19.7. The van der Waals surface area contributed by atoms with Gasteiger partial charge in [-0.2, -0.15) is 5.48 Å². The van der Waals surface area contributed by atoms with Crippen LogP contribution in [-0.4, -0.2) is 48.2 Å². The number of hydrogen-bond donors (Lipinski definition) is 2. The first-order valence-electron chi connectivity index (χ1n) is 10.7. The minimum Gasteiger partial charge on any atom is -0.493 e. The van der Waals surface area contributed by atoms with Crippen LogP contribution in [0.1, 0.15) is 59.5 Å². The largest absolute Gasteiger partial charge is 0.493 e. The lowest BCUT2D eigenvalue weighted by Crippen LogP contribution is -2.38. The molecule has 11 nitrogen and oxygen atoms in total. The van der Waals surface area contributed by atoms with E-state index in [-0.39, 0.29) is 17.0 Å². The van der Waals surface area contributed by atoms with Crippen molar-refractivity contribution in [3.8, 4) is 11.5 Å². The zero-order chi connectivity index (χ0) is 25.7. The number of amides is 4. The molecule has 0 unspecified atom stereocenters. The molecule has 0 bridgehead atoms. The molecule has 0 fully saturated rings. The van der Waals surface area contributed by atoms with Crippen molar-refractivity contribution in [2.75, 3.05) is 19.0 Å². The summed E-state index contributed by atoms with van der Waals surface area (Å²) < 4.78 is 10.9. The summed E-state index contributed by atoms with van der Waals surface area (Å²) in [5.74, 6) is -2.25. The van der Waals surface area contributed by atoms with Crippen LogP contribution in [0, 0.1) is 0 Å². The molecule has 0 saturated heterocycles. The summed E-state index contributed by atoms with van der Waals surface area (Å²) in [5, 5.41) is 2.58. The summed E-state index contributed by atoms with van der Waals surface area (Å²) in [6.45, 7) is 4.56. The third kappa shape index (κ3) is 5.57. The van der Waals surface area contributed by atoms with Crippen molar-refractivity contribution in [2.45, 2.75) is 33.2 Å². The summed E-state index contributed by atoms with van der Waals surface area (Å²) in [4.78, 5) is 67.2. The van der Waals surface area contributed by atoms with E-state index in [1.54, 1.807) is 25.1 Å². The number of nitrogens with zero attached hydrogens (tertiary/aromatic N) is 1. The highest BCUT2D eigenvalue weighted by atomic mass is 16.7. The van der Waals surface area contributed by atoms with Crippen molar-refractivity contribution in [3.63, 3.8) is 0 Å². The van der Waals surface area contributed by atoms with Gasteiger partial charge in [-0.15, -0.1) is 0 Å². The Morgan fingerprint density at radius 3 is 2.31 bits per heavy atom. The van der Waals surface area contributed by atoms with E-state index in [0.29, 0.717) is 29.4 Å². The van der Waals surface area contributed by atoms with Crippen molar-refractivity contribution in [3.05, 3.63) is 53.1 Å². The standard InChI is InChI=1S/C24H25N3O8/c1-5-34-21-10-15(6-9-20(21)33-4)19(12-22(30)26-35-14(3)29)27-23(31)17-8-7-16(25-13(2)28)11-18(17)24(27)32/h6-11,19H,5,12H2,1-4H3,(H,25,28)(H,26,30)/t19-/m0/s1. The Morgan fingerprint density at radius 2 is 1.69 bits per heavy atom. The van der Waals surface area contributed by atoms with Gasteiger partial charge in [0.1, 0.15) is 0 Å². The van der Waals surface area contributed by atoms with Gasteiger partial charge in [0.2, 0.25) is 5.91 Å². The molecule has 35 heavy (non-hydrogen) atoms. The van der Waals surface area contributed by atoms with Gasteiger partial charge in [-0.1, -0.05) is 6.07 Å². The molecule has 0 aromatic heterocycles. The van der Waals surface area contributed by atoms with Crippen LogP contribution in [0.3, 0.4) is 0 Å². The second-order valence-electron chi connectivity index (χ2n) is 7.60. The second-order valence-corrected chi connectivity index (χ2v) is 7.60. The Morgan fingerprint density at radius 1 is 0.971 bits per heavy atom. The third-order valence-electron chi connectivity index (χ3n) is 5.11. The molecular formula is C24H25N3O8. The molecule has 1 atom stereocenters. The number of methoxy groups -OCH3 is 1. The Bertz CT molecular complexity index is 1190. The van der Waals surface area contributed by atoms with Crippen LogP contribution in [0.4, 0.5) is 5.69 Å². The van der Waals surface area contributed by atoms with Gasteiger partial charge in [0, 0.05) is 19.5 Å². The molecule has 11 heteroatoms. The molecule has 0 aliphatic carbocycles. The number of benzene rings is 2. The first-order chi connectivity index (χ1) is 16.7. The van der Waals surface area contributed by atoms with Gasteiger partial charge < -0.3 is 19.6 Å². The fraction of sp³-hybridized carbons (Fsp3) is 0.292. The van der Waals surface area contributed by atoms with E-state index in [4.69, 9.17) is 9.47 Å². The summed E-state index contributed by atoms with van der Waals surface area (Å²) in [6.07, 6.45) is -0.394. The lowest BCUT2D eigenvalue weighted by atomic mass is 10.0. The molecule has 4 amide bonds. The van der Waals surface area contributed by atoms with Crippen LogP contribution in [0.5, 0.6) is 11.5 Å². The minimum atomic E-state index is -1.06. The number of ether oxygens (including phenoxy) is 2. The number of carbonyl (C=O) groups excluding carboxylic acids is 5. The summed E-state index contributed by atoms with van der Waals surface area (Å²) in [5.41, 5.74) is 3.00. The predicted molar refractivity (Wildman–Crippen MR) is 123 cm³/mol. The molecule has 0 radical (unpaired) electrons. The minimum absolute atomic E-state index is 0.0881. The Balaban J connectivity index is 2.03. The van der Waals surface area contributed by atoms with Gasteiger partial charge >= 0.3 is 5.97 Å². The molecule has 184 valence electrons. The van der Waals surface area contributed by atoms with Crippen LogP contribution in [0.15, 0.2) is 36.4 Å². The summed E-state index contributed by atoms with van der Waals surface area (Å²) >= 11 is 0. The van der Waals surface area contributed by atoms with Gasteiger partial charge in [0.25, 0.3) is 17.7 Å². The van der Waals surface area contributed by atoms with E-state index in [1.165, 1.54) is 32.2 Å². The molecule has 1 aliphatic rings. The summed E-state index contributed by atoms with van der Waals surface area (Å²) in [6, 6.07) is 8.09. The number of fused-ring (bicyclic) bond motifs is 1. The lowest BCUT2D eigenvalue weighted by molar-refractivity contribution is -0.156. The lowest BCUT2D eigenvalue weighted by Gasteiger charge is -2.27. The number of imide groups is 1. The summed E-state index contributed by atoms with van der Waals surface area (Å²) in [7, 11) is 1.47. The van der Waals surface area contributed by atoms with E-state index >= 15 is 0 Å². The Hall–Kier alpha value is -4.41. The average molecular weight is 483 g/mol. The van der Waals surface area contributed by atoms with Gasteiger partial charge in [0.05, 0.1) is 37.3 Å². The number of rotatable bonds is 8. The maximum Gasteiger partial charge on any atom is 0.329 e. The highest BCUT2D eigenvalue weighted by molar-refractivity contribution is 6.22. The third-order valence-corrected chi connectivity index (χ3v) is 5.11. The van der Waals surface area contributed by atoms with E-state index in [1.807, 2.05) is 5.48 Å². The van der Waals surface area contributed by atoms with E-state index in [0.717, 1.165) is 11.8 Å². The number of carbonyl (C=O) groups is 5. The van der Waals surface area contributed by atoms with Crippen molar-refractivity contribution in [1.82, 2.24) is 10.4 Å². The van der Waals surface area contributed by atoms with Crippen molar-refractivity contribution in [2.24, 2.45) is 0 Å². The molecule has 3 rings (SSSR count). The molecule has 2 aromatic carbocycles. The topological polar surface area (TPSA) is 140 Å². The molecule has 1 heterocycles. The van der Waals surface area contributed by atoms with Gasteiger partial charge in [-0.25, -0.2) is 0 Å². The Kier molecular flexibility index (Phi) is 7.69. The SMILES string of the molecule is CCOc1cc([C@H](CC(=O)NOC(C)=O)N2C(=O)c3ccc(NC(C)=O)cc3C2=O)ccc1OC. The normalized spacial score (nSPS) is 13.1. The molecule has 1 aliphatic heterocycles. The fourth-order valence-electron chi connectivity index (χ4n) is 3.70. The van der Waals surface area contributed by atoms with E-state index in [2.05, 4.69) is 10.2 Å². The molecule has 0 saturated carbocycles. The van der Waals surface area contributed by atoms with Crippen LogP contribution in [0.2, 0.25) is 0 Å². The van der Waals surface area contributed by atoms with Crippen LogP contribution in [-0.2, 0) is 19.2 Å². The van der Waals surface area contributed by atoms with E-state index < -0.39 is 36.2 Å². The Labute approximate surface area is 201 Å². The van der Waals surface area contributed by atoms with Gasteiger partial charge in [-0.05, 0) is 42.8 Å². The molecule has 0 spiro atoms. The first kappa shape index (κ1) is 25.2. The second kappa shape index (κ2) is 10.7. The van der Waals surface area contributed by atoms with E-state index in [9.17, 15) is 24.0 Å². The predicted octanol–water partition coefficient (Wildman–Crippen LogP) is 2.37. The zero-order valence-corrected chi connectivity index (χ0v) is 19.7. The smallest absolute Gasteiger partial charge is 0.329 e. The fourth-order valence-corrected chi connectivity index (χ4v) is 3.70. The van der Waals surface area contributed by atoms with Crippen molar-refractivity contribution in [1.29, 1.82) is 0 Å². The molecule has 2 aromatic rings. The molecule has 2 N–H and O–H groups in total. The van der Waals surface area contributed by atoms with Gasteiger partial charge in [-0.3, -0.25) is 28.9 Å². The highest BCUT2D eigenvalue weighted by Crippen LogP contribution is 2.38. The van der Waals surface area contributed by atoms with Crippen molar-refractivity contribution < 1.29 is 38.3 Å². The maximum absolute atomic E-state index is 13.4. The van der Waals surface area contributed by atoms with Crippen LogP contribution >= 0.6 is 0 Å². The number of hydroxylamine groups is 1. The number of hydrogen-bond acceptors (Lipinski definition) is 8. The number of anilines is 1. The van der Waals surface area contributed by atoms with Crippen LogP contribution < -0.4 is 20.3 Å². The quantitative estimate of drug-likeness (QED) is 0.431. The monoisotopic (exact) mass is 483 g/mol. The first-order valence-corrected chi connectivity index (χ1v) is 10.7. The maximum atomic E-state index is 13.4. The van der Waals surface area contributed by atoms with Crippen molar-refractivity contribution >= 4 is 35.3 Å². The average Bonchev–Trinajstić information content (AvgIpc) is 3.05. The highest BCUT2D eigenvalue weighted by Gasteiger charge is 2.42. The number of nitrogens with one attached hydrogen (secondary N) is 2. The molecular weight excluding hydrogens is 458 g/mol.